The van der Waals surface area contributed by atoms with Crippen LogP contribution in [0.4, 0.5) is 5.69 Å². The summed E-state index contributed by atoms with van der Waals surface area (Å²) in [5.74, 6) is -1.67. The minimum absolute atomic E-state index is 0.0900. The number of amides is 1. The Morgan fingerprint density at radius 3 is 2.50 bits per heavy atom. The van der Waals surface area contributed by atoms with E-state index in [0.29, 0.717) is 0 Å². The summed E-state index contributed by atoms with van der Waals surface area (Å²) in [6, 6.07) is 7.13. The van der Waals surface area contributed by atoms with Crippen molar-refractivity contribution in [2.75, 3.05) is 5.32 Å². The van der Waals surface area contributed by atoms with Gasteiger partial charge in [0.25, 0.3) is 5.91 Å². The summed E-state index contributed by atoms with van der Waals surface area (Å²) >= 11 is 11.4. The van der Waals surface area contributed by atoms with Gasteiger partial charge in [-0.15, -0.1) is 0 Å². The number of carbonyl (C=O) groups excluding carboxylic acids is 1. The first-order chi connectivity index (χ1) is 9.47. The quantitative estimate of drug-likeness (QED) is 0.852. The number of carboxylic acid groups (broad SMARTS) is 1. The average molecular weight is 311 g/mol. The largest absolute Gasteiger partial charge is 0.478 e. The van der Waals surface area contributed by atoms with Gasteiger partial charge >= 0.3 is 5.97 Å². The van der Waals surface area contributed by atoms with E-state index in [4.69, 9.17) is 28.3 Å². The molecule has 1 aromatic heterocycles. The van der Waals surface area contributed by atoms with Crippen LogP contribution in [-0.4, -0.2) is 22.0 Å². The molecule has 0 radical (unpaired) electrons. The molecule has 5 nitrogen and oxygen atoms in total. The number of carboxylic acids is 1. The molecular weight excluding hydrogens is 303 g/mol. The summed E-state index contributed by atoms with van der Waals surface area (Å²) in [5, 5.41) is 12.1. The second-order valence-corrected chi connectivity index (χ2v) is 4.64. The van der Waals surface area contributed by atoms with Gasteiger partial charge in [-0.05, 0) is 30.3 Å². The van der Waals surface area contributed by atoms with Crippen LogP contribution < -0.4 is 5.32 Å². The van der Waals surface area contributed by atoms with E-state index in [2.05, 4.69) is 10.3 Å². The zero-order valence-corrected chi connectivity index (χ0v) is 11.4. The number of halogens is 2. The monoisotopic (exact) mass is 310 g/mol. The highest BCUT2D eigenvalue weighted by atomic mass is 35.5. The second-order valence-electron chi connectivity index (χ2n) is 3.82. The number of anilines is 1. The first-order valence-electron chi connectivity index (χ1n) is 5.43. The van der Waals surface area contributed by atoms with Crippen molar-refractivity contribution in [3.63, 3.8) is 0 Å². The molecule has 0 saturated carbocycles. The minimum atomic E-state index is -1.18. The van der Waals surface area contributed by atoms with Gasteiger partial charge in [0.2, 0.25) is 0 Å². The third-order valence-electron chi connectivity index (χ3n) is 2.45. The fourth-order valence-electron chi connectivity index (χ4n) is 1.51. The third-order valence-corrected chi connectivity index (χ3v) is 2.91. The van der Waals surface area contributed by atoms with Gasteiger partial charge in [-0.2, -0.15) is 0 Å². The van der Waals surface area contributed by atoms with E-state index >= 15 is 0 Å². The SMILES string of the molecule is O=C(Nc1ccc(Cl)cc1C(=O)O)c1ccc(Cl)nc1. The average Bonchev–Trinajstić information content (AvgIpc) is 2.41. The Labute approximate surface area is 124 Å². The molecule has 0 saturated heterocycles. The number of hydrogen-bond acceptors (Lipinski definition) is 3. The molecule has 2 aromatic rings. The van der Waals surface area contributed by atoms with Gasteiger partial charge in [-0.3, -0.25) is 4.79 Å². The number of hydrogen-bond donors (Lipinski definition) is 2. The first kappa shape index (κ1) is 14.3. The molecule has 0 fully saturated rings. The van der Waals surface area contributed by atoms with Crippen LogP contribution in [0, 0.1) is 0 Å². The Bertz CT molecular complexity index is 672. The van der Waals surface area contributed by atoms with E-state index in [1.807, 2.05) is 0 Å². The lowest BCUT2D eigenvalue weighted by molar-refractivity contribution is 0.0698. The molecule has 0 atom stereocenters. The van der Waals surface area contributed by atoms with Crippen LogP contribution in [-0.2, 0) is 0 Å². The molecule has 102 valence electrons. The van der Waals surface area contributed by atoms with Crippen molar-refractivity contribution in [1.82, 2.24) is 4.98 Å². The third kappa shape index (κ3) is 3.26. The van der Waals surface area contributed by atoms with E-state index in [1.165, 1.54) is 36.5 Å². The summed E-state index contributed by atoms with van der Waals surface area (Å²) in [5.41, 5.74) is 0.329. The standard InChI is InChI=1S/C13H8Cl2N2O3/c14-8-2-3-10(9(5-8)13(19)20)17-12(18)7-1-4-11(15)16-6-7/h1-6H,(H,17,18)(H,19,20). The van der Waals surface area contributed by atoms with Crippen molar-refractivity contribution in [2.45, 2.75) is 0 Å². The van der Waals surface area contributed by atoms with Crippen molar-refractivity contribution in [1.29, 1.82) is 0 Å². The Balaban J connectivity index is 2.28. The van der Waals surface area contributed by atoms with E-state index in [-0.39, 0.29) is 27.0 Å². The van der Waals surface area contributed by atoms with E-state index in [0.717, 1.165) is 0 Å². The Morgan fingerprint density at radius 2 is 1.90 bits per heavy atom. The van der Waals surface area contributed by atoms with E-state index in [1.54, 1.807) is 0 Å². The van der Waals surface area contributed by atoms with Gasteiger partial charge in [0.1, 0.15) is 5.15 Å². The highest BCUT2D eigenvalue weighted by molar-refractivity contribution is 6.31. The molecule has 0 aliphatic carbocycles. The highest BCUT2D eigenvalue weighted by Crippen LogP contribution is 2.21. The van der Waals surface area contributed by atoms with Crippen LogP contribution >= 0.6 is 23.2 Å². The normalized spacial score (nSPS) is 10.1. The summed E-state index contributed by atoms with van der Waals surface area (Å²) in [6.45, 7) is 0. The van der Waals surface area contributed by atoms with Crippen LogP contribution in [0.1, 0.15) is 20.7 Å². The Hall–Kier alpha value is -2.11. The molecule has 0 bridgehead atoms. The topological polar surface area (TPSA) is 79.3 Å². The number of aromatic nitrogens is 1. The summed E-state index contributed by atoms with van der Waals surface area (Å²) < 4.78 is 0. The molecule has 1 aromatic carbocycles. The molecular formula is C13H8Cl2N2O3. The van der Waals surface area contributed by atoms with E-state index < -0.39 is 11.9 Å². The van der Waals surface area contributed by atoms with Crippen molar-refractivity contribution in [3.05, 3.63) is 57.8 Å². The zero-order valence-electron chi connectivity index (χ0n) is 9.93. The maximum absolute atomic E-state index is 12.0. The first-order valence-corrected chi connectivity index (χ1v) is 6.18. The second kappa shape index (κ2) is 5.90. The molecule has 2 rings (SSSR count). The predicted molar refractivity (Wildman–Crippen MR) is 75.6 cm³/mol. The Kier molecular flexibility index (Phi) is 4.22. The number of nitrogens with zero attached hydrogens (tertiary/aromatic N) is 1. The smallest absolute Gasteiger partial charge is 0.337 e. The van der Waals surface area contributed by atoms with E-state index in [9.17, 15) is 9.59 Å². The summed E-state index contributed by atoms with van der Waals surface area (Å²) in [6.07, 6.45) is 1.30. The van der Waals surface area contributed by atoms with Gasteiger partial charge in [-0.25, -0.2) is 9.78 Å². The van der Waals surface area contributed by atoms with Crippen molar-refractivity contribution < 1.29 is 14.7 Å². The van der Waals surface area contributed by atoms with Crippen LogP contribution in [0.2, 0.25) is 10.2 Å². The van der Waals surface area contributed by atoms with Crippen molar-refractivity contribution in [2.24, 2.45) is 0 Å². The van der Waals surface area contributed by atoms with Gasteiger partial charge in [0, 0.05) is 11.2 Å². The van der Waals surface area contributed by atoms with Gasteiger partial charge < -0.3 is 10.4 Å². The molecule has 7 heteroatoms. The summed E-state index contributed by atoms with van der Waals surface area (Å²) in [7, 11) is 0. The number of nitrogens with one attached hydrogen (secondary N) is 1. The number of benzene rings is 1. The molecule has 2 N–H and O–H groups in total. The molecule has 0 aliphatic rings. The summed E-state index contributed by atoms with van der Waals surface area (Å²) in [4.78, 5) is 26.8. The fourth-order valence-corrected chi connectivity index (χ4v) is 1.79. The molecule has 20 heavy (non-hydrogen) atoms. The molecule has 0 aliphatic heterocycles. The maximum Gasteiger partial charge on any atom is 0.337 e. The van der Waals surface area contributed by atoms with Gasteiger partial charge in [0.05, 0.1) is 16.8 Å². The molecule has 0 spiro atoms. The fraction of sp³-hybridized carbons (Fsp3) is 0. The van der Waals surface area contributed by atoms with Gasteiger partial charge in [0.15, 0.2) is 0 Å². The number of rotatable bonds is 3. The maximum atomic E-state index is 12.0. The van der Waals surface area contributed by atoms with Gasteiger partial charge in [-0.1, -0.05) is 23.2 Å². The highest BCUT2D eigenvalue weighted by Gasteiger charge is 2.14. The number of pyridine rings is 1. The molecule has 1 heterocycles. The lowest BCUT2D eigenvalue weighted by atomic mass is 10.1. The van der Waals surface area contributed by atoms with Crippen molar-refractivity contribution in [3.8, 4) is 0 Å². The number of carbonyl (C=O) groups is 2. The number of aromatic carboxylic acids is 1. The van der Waals surface area contributed by atoms with Crippen LogP contribution in [0.15, 0.2) is 36.5 Å². The lowest BCUT2D eigenvalue weighted by Crippen LogP contribution is -2.15. The van der Waals surface area contributed by atoms with Crippen LogP contribution in [0.25, 0.3) is 0 Å². The lowest BCUT2D eigenvalue weighted by Gasteiger charge is -2.08. The van der Waals surface area contributed by atoms with Crippen molar-refractivity contribution >= 4 is 40.8 Å². The minimum Gasteiger partial charge on any atom is -0.478 e. The zero-order chi connectivity index (χ0) is 14.7. The Morgan fingerprint density at radius 1 is 1.15 bits per heavy atom. The van der Waals surface area contributed by atoms with Crippen LogP contribution in [0.5, 0.6) is 0 Å². The van der Waals surface area contributed by atoms with Crippen LogP contribution in [0.3, 0.4) is 0 Å². The molecule has 0 unspecified atom stereocenters. The molecule has 1 amide bonds. The predicted octanol–water partition coefficient (Wildman–Crippen LogP) is 3.34.